The van der Waals surface area contributed by atoms with Crippen molar-refractivity contribution < 1.29 is 9.59 Å². The molecule has 2 N–H and O–H groups in total. The Morgan fingerprint density at radius 1 is 0.966 bits per heavy atom. The molecule has 2 aromatic carbocycles. The van der Waals surface area contributed by atoms with E-state index in [9.17, 15) is 9.59 Å². The Kier molecular flexibility index (Phi) is 7.37. The van der Waals surface area contributed by atoms with Crippen LogP contribution >= 0.6 is 23.1 Å². The molecule has 0 aliphatic heterocycles. The van der Waals surface area contributed by atoms with E-state index >= 15 is 0 Å². The van der Waals surface area contributed by atoms with Gasteiger partial charge in [0, 0.05) is 18.0 Å². The van der Waals surface area contributed by atoms with Crippen molar-refractivity contribution in [3.8, 4) is 0 Å². The Hall–Kier alpha value is -2.71. The lowest BCUT2D eigenvalue weighted by molar-refractivity contribution is -0.118. The molecule has 150 valence electrons. The third-order valence-corrected chi connectivity index (χ3v) is 6.09. The molecule has 29 heavy (non-hydrogen) atoms. The molecule has 8 heteroatoms. The van der Waals surface area contributed by atoms with Crippen LogP contribution in [0.2, 0.25) is 0 Å². The summed E-state index contributed by atoms with van der Waals surface area (Å²) >= 11 is 2.69. The SMILES string of the molecule is Cc1ccc(CNC(=O)CSCc2nnc(C(=O)Nc3ccc(C)cc3)s2)cc1. The summed E-state index contributed by atoms with van der Waals surface area (Å²) in [6.45, 7) is 4.54. The summed E-state index contributed by atoms with van der Waals surface area (Å²) in [6.07, 6.45) is 0. The first-order valence-corrected chi connectivity index (χ1v) is 11.1. The van der Waals surface area contributed by atoms with E-state index in [1.54, 1.807) is 0 Å². The van der Waals surface area contributed by atoms with E-state index in [1.165, 1.54) is 28.7 Å². The van der Waals surface area contributed by atoms with Crippen LogP contribution in [0.4, 0.5) is 5.69 Å². The largest absolute Gasteiger partial charge is 0.351 e. The maximum absolute atomic E-state index is 12.3. The topological polar surface area (TPSA) is 84.0 Å². The van der Waals surface area contributed by atoms with Crippen molar-refractivity contribution in [2.24, 2.45) is 0 Å². The fourth-order valence-electron chi connectivity index (χ4n) is 2.41. The molecule has 0 unspecified atom stereocenters. The Morgan fingerprint density at radius 2 is 1.62 bits per heavy atom. The number of carbonyl (C=O) groups is 2. The Bertz CT molecular complexity index is 969. The molecular weight excluding hydrogens is 404 g/mol. The van der Waals surface area contributed by atoms with E-state index in [2.05, 4.69) is 20.8 Å². The molecule has 3 rings (SSSR count). The first-order chi connectivity index (χ1) is 14.0. The molecule has 6 nitrogen and oxygen atoms in total. The number of nitrogens with one attached hydrogen (secondary N) is 2. The molecule has 0 saturated heterocycles. The van der Waals surface area contributed by atoms with E-state index in [1.807, 2.05) is 62.4 Å². The number of aromatic nitrogens is 2. The lowest BCUT2D eigenvalue weighted by Crippen LogP contribution is -2.24. The van der Waals surface area contributed by atoms with Gasteiger partial charge in [0.25, 0.3) is 5.91 Å². The third kappa shape index (κ3) is 6.69. The second kappa shape index (κ2) is 10.2. The number of amides is 2. The van der Waals surface area contributed by atoms with Crippen molar-refractivity contribution >= 4 is 40.6 Å². The zero-order chi connectivity index (χ0) is 20.6. The zero-order valence-electron chi connectivity index (χ0n) is 16.3. The standard InChI is InChI=1S/C21H22N4O2S2/c1-14-3-7-16(8-4-14)11-22-18(26)12-28-13-19-24-25-21(29-19)20(27)23-17-9-5-15(2)6-10-17/h3-10H,11-13H2,1-2H3,(H,22,26)(H,23,27). The van der Waals surface area contributed by atoms with Gasteiger partial charge >= 0.3 is 0 Å². The molecule has 0 atom stereocenters. The van der Waals surface area contributed by atoms with Crippen LogP contribution in [-0.2, 0) is 17.1 Å². The minimum absolute atomic E-state index is 0.0302. The summed E-state index contributed by atoms with van der Waals surface area (Å²) in [6, 6.07) is 15.6. The van der Waals surface area contributed by atoms with E-state index in [4.69, 9.17) is 0 Å². The van der Waals surface area contributed by atoms with Crippen molar-refractivity contribution in [2.45, 2.75) is 26.1 Å². The van der Waals surface area contributed by atoms with Crippen LogP contribution in [0.25, 0.3) is 0 Å². The van der Waals surface area contributed by atoms with Gasteiger partial charge < -0.3 is 10.6 Å². The van der Waals surface area contributed by atoms with E-state index in [0.29, 0.717) is 23.1 Å². The van der Waals surface area contributed by atoms with E-state index in [0.717, 1.165) is 21.8 Å². The number of hydrogen-bond donors (Lipinski definition) is 2. The molecule has 0 bridgehead atoms. The van der Waals surface area contributed by atoms with Gasteiger partial charge in [-0.05, 0) is 31.5 Å². The Balaban J connectivity index is 1.40. The highest BCUT2D eigenvalue weighted by atomic mass is 32.2. The van der Waals surface area contributed by atoms with Crippen molar-refractivity contribution in [3.63, 3.8) is 0 Å². The highest BCUT2D eigenvalue weighted by Gasteiger charge is 2.13. The van der Waals surface area contributed by atoms with E-state index < -0.39 is 0 Å². The quantitative estimate of drug-likeness (QED) is 0.570. The second-order valence-electron chi connectivity index (χ2n) is 6.58. The van der Waals surface area contributed by atoms with Gasteiger partial charge in [-0.1, -0.05) is 58.9 Å². The molecule has 1 heterocycles. The highest BCUT2D eigenvalue weighted by Crippen LogP contribution is 2.18. The van der Waals surface area contributed by atoms with Crippen molar-refractivity contribution in [3.05, 3.63) is 75.2 Å². The number of thioether (sulfide) groups is 1. The first-order valence-electron chi connectivity index (χ1n) is 9.10. The van der Waals surface area contributed by atoms with Gasteiger partial charge in [-0.25, -0.2) is 0 Å². The van der Waals surface area contributed by atoms with Crippen LogP contribution in [0.1, 0.15) is 31.5 Å². The van der Waals surface area contributed by atoms with Crippen LogP contribution in [-0.4, -0.2) is 27.8 Å². The molecule has 0 saturated carbocycles. The van der Waals surface area contributed by atoms with Crippen molar-refractivity contribution in [1.82, 2.24) is 15.5 Å². The molecule has 0 aliphatic carbocycles. The highest BCUT2D eigenvalue weighted by molar-refractivity contribution is 7.99. The summed E-state index contributed by atoms with van der Waals surface area (Å²) in [7, 11) is 0. The zero-order valence-corrected chi connectivity index (χ0v) is 17.9. The van der Waals surface area contributed by atoms with Crippen LogP contribution in [0.5, 0.6) is 0 Å². The number of nitrogens with zero attached hydrogens (tertiary/aromatic N) is 2. The monoisotopic (exact) mass is 426 g/mol. The fraction of sp³-hybridized carbons (Fsp3) is 0.238. The van der Waals surface area contributed by atoms with Gasteiger partial charge in [-0.3, -0.25) is 9.59 Å². The van der Waals surface area contributed by atoms with Gasteiger partial charge in [-0.2, -0.15) is 0 Å². The summed E-state index contributed by atoms with van der Waals surface area (Å²) in [5, 5.41) is 14.7. The van der Waals surface area contributed by atoms with E-state index in [-0.39, 0.29) is 11.8 Å². The number of anilines is 1. The number of hydrogen-bond acceptors (Lipinski definition) is 6. The normalized spacial score (nSPS) is 10.6. The predicted molar refractivity (Wildman–Crippen MR) is 118 cm³/mol. The number of carbonyl (C=O) groups excluding carboxylic acids is 2. The van der Waals surface area contributed by atoms with Gasteiger partial charge in [0.05, 0.1) is 5.75 Å². The minimum Gasteiger partial charge on any atom is -0.351 e. The minimum atomic E-state index is -0.279. The van der Waals surface area contributed by atoms with Crippen molar-refractivity contribution in [2.75, 3.05) is 11.1 Å². The molecule has 0 spiro atoms. The molecule has 0 aliphatic rings. The summed E-state index contributed by atoms with van der Waals surface area (Å²) in [4.78, 5) is 24.2. The number of aryl methyl sites for hydroxylation is 2. The second-order valence-corrected chi connectivity index (χ2v) is 8.62. The fourth-order valence-corrected chi connectivity index (χ4v) is 4.05. The van der Waals surface area contributed by atoms with Crippen LogP contribution in [0.3, 0.4) is 0 Å². The molecular formula is C21H22N4O2S2. The molecule has 1 aromatic heterocycles. The van der Waals surface area contributed by atoms with Gasteiger partial charge in [0.15, 0.2) is 0 Å². The molecule has 0 fully saturated rings. The smallest absolute Gasteiger partial charge is 0.286 e. The molecule has 2 amide bonds. The summed E-state index contributed by atoms with van der Waals surface area (Å²) in [5.41, 5.74) is 4.11. The van der Waals surface area contributed by atoms with Crippen LogP contribution in [0, 0.1) is 13.8 Å². The molecule has 0 radical (unpaired) electrons. The maximum Gasteiger partial charge on any atom is 0.286 e. The first kappa shape index (κ1) is 21.0. The van der Waals surface area contributed by atoms with Gasteiger partial charge in [-0.15, -0.1) is 22.0 Å². The van der Waals surface area contributed by atoms with Gasteiger partial charge in [0.1, 0.15) is 5.01 Å². The Labute approximate surface area is 178 Å². The predicted octanol–water partition coefficient (Wildman–Crippen LogP) is 3.96. The lowest BCUT2D eigenvalue weighted by Gasteiger charge is -2.05. The summed E-state index contributed by atoms with van der Waals surface area (Å²) in [5.74, 6) is 0.555. The van der Waals surface area contributed by atoms with Crippen LogP contribution in [0.15, 0.2) is 48.5 Å². The third-order valence-electron chi connectivity index (χ3n) is 4.04. The summed E-state index contributed by atoms with van der Waals surface area (Å²) < 4.78 is 0. The average Bonchev–Trinajstić information content (AvgIpc) is 3.18. The maximum atomic E-state index is 12.3. The Morgan fingerprint density at radius 3 is 2.31 bits per heavy atom. The lowest BCUT2D eigenvalue weighted by atomic mass is 10.1. The van der Waals surface area contributed by atoms with Crippen LogP contribution < -0.4 is 10.6 Å². The molecule has 3 aromatic rings. The number of benzene rings is 2. The van der Waals surface area contributed by atoms with Gasteiger partial charge in [0.2, 0.25) is 10.9 Å². The number of rotatable bonds is 8. The van der Waals surface area contributed by atoms with Crippen molar-refractivity contribution in [1.29, 1.82) is 0 Å². The average molecular weight is 427 g/mol.